The molecule has 2 heterocycles. The summed E-state index contributed by atoms with van der Waals surface area (Å²) in [6, 6.07) is 2.75. The zero-order valence-electron chi connectivity index (χ0n) is 9.50. The van der Waals surface area contributed by atoms with E-state index < -0.39 is 0 Å². The van der Waals surface area contributed by atoms with E-state index in [-0.39, 0.29) is 0 Å². The first-order valence-corrected chi connectivity index (χ1v) is 5.98. The molecule has 1 atom stereocenters. The third kappa shape index (κ3) is 2.25. The molecule has 3 N–H and O–H groups in total. The second-order valence-corrected chi connectivity index (χ2v) is 4.35. The number of allylic oxidation sites excluding steroid dienone is 2. The largest absolute Gasteiger partial charge is 0.384 e. The fourth-order valence-corrected chi connectivity index (χ4v) is 2.37. The zero-order valence-corrected chi connectivity index (χ0v) is 9.50. The normalized spacial score (nSPS) is 27.2. The Labute approximate surface area is 96.2 Å². The molecule has 0 bridgehead atoms. The molecule has 0 aliphatic carbocycles. The Bertz CT molecular complexity index is 362. The maximum atomic E-state index is 9.21. The lowest BCUT2D eigenvalue weighted by Gasteiger charge is -2.10. The highest BCUT2D eigenvalue weighted by Crippen LogP contribution is 2.23. The summed E-state index contributed by atoms with van der Waals surface area (Å²) >= 11 is 0. The molecule has 0 amide bonds. The molecule has 0 aromatic rings. The van der Waals surface area contributed by atoms with Gasteiger partial charge in [-0.05, 0) is 38.6 Å². The molecular formula is C12H18N4. The van der Waals surface area contributed by atoms with Crippen LogP contribution in [-0.4, -0.2) is 24.8 Å². The van der Waals surface area contributed by atoms with Crippen molar-refractivity contribution in [3.8, 4) is 6.07 Å². The average molecular weight is 218 g/mol. The van der Waals surface area contributed by atoms with Gasteiger partial charge in [-0.2, -0.15) is 5.26 Å². The molecule has 2 aliphatic rings. The molecule has 4 nitrogen and oxygen atoms in total. The van der Waals surface area contributed by atoms with Gasteiger partial charge in [-0.25, -0.2) is 0 Å². The second-order valence-electron chi connectivity index (χ2n) is 4.35. The molecule has 86 valence electrons. The molecule has 0 aromatic heterocycles. The van der Waals surface area contributed by atoms with Crippen LogP contribution in [0.4, 0.5) is 0 Å². The lowest BCUT2D eigenvalue weighted by molar-refractivity contribution is 0.577. The molecule has 0 spiro atoms. The van der Waals surface area contributed by atoms with Gasteiger partial charge < -0.3 is 11.1 Å². The Morgan fingerprint density at radius 1 is 1.56 bits per heavy atom. The fraction of sp³-hybridized carbons (Fsp3) is 0.667. The minimum Gasteiger partial charge on any atom is -0.384 e. The Hall–Kier alpha value is -1.34. The van der Waals surface area contributed by atoms with E-state index >= 15 is 0 Å². The van der Waals surface area contributed by atoms with Crippen LogP contribution >= 0.6 is 0 Å². The molecule has 0 unspecified atom stereocenters. The van der Waals surface area contributed by atoms with Gasteiger partial charge in [0, 0.05) is 18.3 Å². The van der Waals surface area contributed by atoms with Gasteiger partial charge in [0.25, 0.3) is 0 Å². The molecule has 2 aliphatic heterocycles. The fourth-order valence-electron chi connectivity index (χ4n) is 2.37. The summed E-state index contributed by atoms with van der Waals surface area (Å²) in [6.45, 7) is 1.58. The molecular weight excluding hydrogens is 200 g/mol. The maximum absolute atomic E-state index is 9.21. The lowest BCUT2D eigenvalue weighted by atomic mass is 10.1. The number of nitrogens with one attached hydrogen (secondary N) is 1. The van der Waals surface area contributed by atoms with Gasteiger partial charge in [0.15, 0.2) is 0 Å². The van der Waals surface area contributed by atoms with Gasteiger partial charge in [0.2, 0.25) is 0 Å². The van der Waals surface area contributed by atoms with Gasteiger partial charge in [0.1, 0.15) is 6.07 Å². The number of nitrogens with two attached hydrogens (primary N) is 1. The first-order chi connectivity index (χ1) is 7.85. The van der Waals surface area contributed by atoms with Gasteiger partial charge in [-0.1, -0.05) is 0 Å². The molecule has 16 heavy (non-hydrogen) atoms. The van der Waals surface area contributed by atoms with Crippen molar-refractivity contribution in [3.63, 3.8) is 0 Å². The highest BCUT2D eigenvalue weighted by molar-refractivity contribution is 6.04. The van der Waals surface area contributed by atoms with Crippen LogP contribution < -0.4 is 11.1 Å². The number of nitrogens with zero attached hydrogens (tertiary/aromatic N) is 2. The maximum Gasteiger partial charge on any atom is 0.103 e. The molecule has 1 fully saturated rings. The number of hydrogen-bond donors (Lipinski definition) is 2. The van der Waals surface area contributed by atoms with Crippen molar-refractivity contribution in [1.82, 2.24) is 5.32 Å². The van der Waals surface area contributed by atoms with Crippen molar-refractivity contribution in [2.45, 2.75) is 38.1 Å². The summed E-state index contributed by atoms with van der Waals surface area (Å²) in [4.78, 5) is 4.39. The predicted octanol–water partition coefficient (Wildman–Crippen LogP) is 1.10. The highest BCUT2D eigenvalue weighted by Gasteiger charge is 2.23. The van der Waals surface area contributed by atoms with Crippen molar-refractivity contribution in [2.75, 3.05) is 13.1 Å². The van der Waals surface area contributed by atoms with Crippen LogP contribution in [0.15, 0.2) is 16.3 Å². The Morgan fingerprint density at radius 3 is 3.06 bits per heavy atom. The summed E-state index contributed by atoms with van der Waals surface area (Å²) in [5.74, 6) is 0. The monoisotopic (exact) mass is 218 g/mol. The SMILES string of the molecule is N#C/C(C1=NCCC1)=C1\CC[C@@H](CCN)N1. The van der Waals surface area contributed by atoms with Crippen molar-refractivity contribution in [2.24, 2.45) is 10.7 Å². The van der Waals surface area contributed by atoms with Crippen LogP contribution in [0, 0.1) is 11.3 Å². The third-order valence-corrected chi connectivity index (χ3v) is 3.21. The number of rotatable bonds is 3. The molecule has 0 radical (unpaired) electrons. The summed E-state index contributed by atoms with van der Waals surface area (Å²) in [7, 11) is 0. The minimum absolute atomic E-state index is 0.449. The smallest absolute Gasteiger partial charge is 0.103 e. The Balaban J connectivity index is 2.11. The van der Waals surface area contributed by atoms with Crippen LogP contribution in [0.2, 0.25) is 0 Å². The van der Waals surface area contributed by atoms with Crippen molar-refractivity contribution in [1.29, 1.82) is 5.26 Å². The first-order valence-electron chi connectivity index (χ1n) is 5.98. The van der Waals surface area contributed by atoms with E-state index in [0.717, 1.165) is 55.6 Å². The second kappa shape index (κ2) is 5.13. The Kier molecular flexibility index (Phi) is 3.58. The van der Waals surface area contributed by atoms with Crippen molar-refractivity contribution < 1.29 is 0 Å². The van der Waals surface area contributed by atoms with E-state index in [0.29, 0.717) is 12.6 Å². The van der Waals surface area contributed by atoms with E-state index in [9.17, 15) is 5.26 Å². The van der Waals surface area contributed by atoms with Crippen LogP contribution in [0.1, 0.15) is 32.1 Å². The van der Waals surface area contributed by atoms with Gasteiger partial charge >= 0.3 is 0 Å². The summed E-state index contributed by atoms with van der Waals surface area (Å²) in [5.41, 5.74) is 8.41. The van der Waals surface area contributed by atoms with E-state index in [1.807, 2.05) is 0 Å². The molecule has 4 heteroatoms. The minimum atomic E-state index is 0.449. The average Bonchev–Trinajstić information content (AvgIpc) is 2.92. The van der Waals surface area contributed by atoms with E-state index in [1.165, 1.54) is 0 Å². The van der Waals surface area contributed by atoms with E-state index in [1.54, 1.807) is 0 Å². The van der Waals surface area contributed by atoms with Crippen molar-refractivity contribution in [3.05, 3.63) is 11.3 Å². The van der Waals surface area contributed by atoms with Crippen LogP contribution in [0.3, 0.4) is 0 Å². The quantitative estimate of drug-likeness (QED) is 0.697. The highest BCUT2D eigenvalue weighted by atomic mass is 15.0. The van der Waals surface area contributed by atoms with Gasteiger partial charge in [-0.3, -0.25) is 4.99 Å². The Morgan fingerprint density at radius 2 is 2.44 bits per heavy atom. The topological polar surface area (TPSA) is 74.2 Å². The summed E-state index contributed by atoms with van der Waals surface area (Å²) < 4.78 is 0. The third-order valence-electron chi connectivity index (χ3n) is 3.21. The van der Waals surface area contributed by atoms with E-state index in [4.69, 9.17) is 5.73 Å². The molecule has 0 aromatic carbocycles. The molecule has 0 saturated carbocycles. The van der Waals surface area contributed by atoms with Gasteiger partial charge in [-0.15, -0.1) is 0 Å². The van der Waals surface area contributed by atoms with E-state index in [2.05, 4.69) is 16.4 Å². The van der Waals surface area contributed by atoms with Crippen LogP contribution in [0.5, 0.6) is 0 Å². The predicted molar refractivity (Wildman–Crippen MR) is 64.0 cm³/mol. The van der Waals surface area contributed by atoms with Crippen LogP contribution in [-0.2, 0) is 0 Å². The zero-order chi connectivity index (χ0) is 11.4. The number of hydrogen-bond acceptors (Lipinski definition) is 4. The lowest BCUT2D eigenvalue weighted by Crippen LogP contribution is -2.24. The summed E-state index contributed by atoms with van der Waals surface area (Å²) in [6.07, 6.45) is 5.07. The summed E-state index contributed by atoms with van der Waals surface area (Å²) in [5, 5.41) is 12.6. The molecule has 1 saturated heterocycles. The van der Waals surface area contributed by atoms with Gasteiger partial charge in [0.05, 0.1) is 11.3 Å². The standard InChI is InChI=1S/C12H18N4/c13-6-5-9-3-4-12(16-9)10(8-14)11-2-1-7-15-11/h9,16H,1-7,13H2/b12-10-/t9-/m0/s1. The molecule has 2 rings (SSSR count). The van der Waals surface area contributed by atoms with Crippen molar-refractivity contribution >= 4 is 5.71 Å². The van der Waals surface area contributed by atoms with Crippen LogP contribution in [0.25, 0.3) is 0 Å². The number of nitriles is 1. The number of aliphatic imine (C=N–C) groups is 1. The first kappa shape index (κ1) is 11.2.